The van der Waals surface area contributed by atoms with E-state index in [2.05, 4.69) is 6.92 Å². The van der Waals surface area contributed by atoms with Crippen LogP contribution in [0.15, 0.2) is 0 Å². The van der Waals surface area contributed by atoms with Crippen molar-refractivity contribution in [1.82, 2.24) is 0 Å². The maximum absolute atomic E-state index is 7.40. The first-order valence-corrected chi connectivity index (χ1v) is 7.00. The molecule has 1 unspecified atom stereocenters. The molecular weight excluding hydrogens is 251 g/mol. The minimum absolute atomic E-state index is 0.176. The first-order chi connectivity index (χ1) is 5.18. The summed E-state index contributed by atoms with van der Waals surface area (Å²) in [7, 11) is 0. The molecule has 0 aromatic heterocycles. The van der Waals surface area contributed by atoms with E-state index >= 15 is 0 Å². The predicted molar refractivity (Wildman–Crippen MR) is 44.8 cm³/mol. The van der Waals surface area contributed by atoms with Gasteiger partial charge in [-0.25, -0.2) is 0 Å². The van der Waals surface area contributed by atoms with Crippen molar-refractivity contribution in [2.45, 2.75) is 53.5 Å². The van der Waals surface area contributed by atoms with Crippen molar-refractivity contribution in [3.05, 3.63) is 0 Å². The summed E-state index contributed by atoms with van der Waals surface area (Å²) in [4.78, 5) is 0. The van der Waals surface area contributed by atoms with Gasteiger partial charge >= 0.3 is 79.8 Å². The van der Waals surface area contributed by atoms with Gasteiger partial charge in [0.15, 0.2) is 0 Å². The van der Waals surface area contributed by atoms with Crippen molar-refractivity contribution < 1.29 is 26.3 Å². The van der Waals surface area contributed by atoms with Gasteiger partial charge in [-0.15, -0.1) is 0 Å². The standard InChI is InChI=1S/C9H18IO/c1-7-3-5-9(10-7)6-4-8(2)11/h7-9,11H,3-6H2,1-2H3/q-1/p+1/t7-,8?,9-/m0/s1. The molecule has 1 nitrogen and oxygen atoms in total. The molecule has 0 bridgehead atoms. The molecule has 1 saturated heterocycles. The number of hydrogen-bond acceptors (Lipinski definition) is 0. The van der Waals surface area contributed by atoms with Gasteiger partial charge in [0.1, 0.15) is 0 Å². The molecule has 0 radical (unpaired) electrons. The van der Waals surface area contributed by atoms with Crippen LogP contribution in [0.25, 0.3) is 0 Å². The van der Waals surface area contributed by atoms with E-state index in [0.29, 0.717) is 21.2 Å². The van der Waals surface area contributed by atoms with E-state index in [0.717, 1.165) is 14.3 Å². The van der Waals surface area contributed by atoms with Crippen LogP contribution in [0.2, 0.25) is 0 Å². The molecule has 1 fully saturated rings. The fourth-order valence-corrected chi connectivity index (χ4v) is 5.37. The van der Waals surface area contributed by atoms with E-state index in [4.69, 9.17) is 5.11 Å². The van der Waals surface area contributed by atoms with E-state index in [1.54, 1.807) is 0 Å². The van der Waals surface area contributed by atoms with E-state index in [1.807, 2.05) is 6.92 Å². The topological polar surface area (TPSA) is 22.9 Å². The molecule has 0 spiro atoms. The third-order valence-corrected chi connectivity index (χ3v) is 6.30. The van der Waals surface area contributed by atoms with Crippen molar-refractivity contribution in [2.75, 3.05) is 0 Å². The van der Waals surface area contributed by atoms with Crippen LogP contribution >= 0.6 is 0 Å². The third-order valence-electron chi connectivity index (χ3n) is 2.18. The monoisotopic (exact) mass is 270 g/mol. The molecule has 1 aliphatic heterocycles. The second kappa shape index (κ2) is 4.65. The molecule has 1 rings (SSSR count). The molecule has 2 N–H and O–H groups in total. The van der Waals surface area contributed by atoms with E-state index < -0.39 is 0 Å². The molecular formula is C9H19IO. The van der Waals surface area contributed by atoms with E-state index in [-0.39, 0.29) is 6.10 Å². The minimum atomic E-state index is 0.176. The summed E-state index contributed by atoms with van der Waals surface area (Å²) in [5, 5.41) is 7.40. The van der Waals surface area contributed by atoms with Crippen molar-refractivity contribution >= 4 is 0 Å². The average molecular weight is 270 g/mol. The van der Waals surface area contributed by atoms with Crippen molar-refractivity contribution in [2.24, 2.45) is 0 Å². The molecule has 0 aromatic carbocycles. The molecule has 0 saturated carbocycles. The average Bonchev–Trinajstić information content (AvgIpc) is 2.31. The predicted octanol–water partition coefficient (Wildman–Crippen LogP) is -1.48. The van der Waals surface area contributed by atoms with E-state index in [9.17, 15) is 0 Å². The van der Waals surface area contributed by atoms with Gasteiger partial charge in [-0.1, -0.05) is 0 Å². The molecule has 1 heterocycles. The Morgan fingerprint density at radius 3 is 2.73 bits per heavy atom. The maximum atomic E-state index is 7.40. The summed E-state index contributed by atoms with van der Waals surface area (Å²) in [5.41, 5.74) is 0. The zero-order valence-electron chi connectivity index (χ0n) is 7.44. The summed E-state index contributed by atoms with van der Waals surface area (Å²) in [5.74, 6) is 0. The fraction of sp³-hybridized carbons (Fsp3) is 1.00. The van der Waals surface area contributed by atoms with Crippen LogP contribution in [-0.4, -0.2) is 19.1 Å². The third kappa shape index (κ3) is 3.74. The van der Waals surface area contributed by atoms with Gasteiger partial charge in [-0.05, 0) is 0 Å². The molecule has 0 amide bonds. The molecule has 1 aliphatic rings. The molecule has 68 valence electrons. The van der Waals surface area contributed by atoms with E-state index in [1.165, 1.54) is 19.3 Å². The van der Waals surface area contributed by atoms with Crippen LogP contribution in [-0.2, 0) is 0 Å². The van der Waals surface area contributed by atoms with Crippen LogP contribution in [0.3, 0.4) is 0 Å². The van der Waals surface area contributed by atoms with Gasteiger partial charge in [-0.2, -0.15) is 0 Å². The van der Waals surface area contributed by atoms with Gasteiger partial charge in [0.25, 0.3) is 0 Å². The van der Waals surface area contributed by atoms with Crippen molar-refractivity contribution in [1.29, 1.82) is 0 Å². The molecule has 0 aromatic rings. The Morgan fingerprint density at radius 2 is 2.27 bits per heavy atom. The quantitative estimate of drug-likeness (QED) is 0.339. The zero-order valence-corrected chi connectivity index (χ0v) is 9.60. The summed E-state index contributed by atoms with van der Waals surface area (Å²) in [6, 6.07) is 0. The Morgan fingerprint density at radius 1 is 1.55 bits per heavy atom. The fourth-order valence-electron chi connectivity index (χ4n) is 1.48. The summed E-state index contributed by atoms with van der Waals surface area (Å²) in [6.45, 7) is 4.41. The van der Waals surface area contributed by atoms with Gasteiger partial charge in [-0.3, -0.25) is 0 Å². The van der Waals surface area contributed by atoms with Gasteiger partial charge in [0.2, 0.25) is 0 Å². The Balaban J connectivity index is 2.08. The van der Waals surface area contributed by atoms with Crippen LogP contribution in [0.1, 0.15) is 39.5 Å². The second-order valence-corrected chi connectivity index (χ2v) is 8.17. The number of rotatable bonds is 3. The van der Waals surface area contributed by atoms with Gasteiger partial charge in [0, 0.05) is 0 Å². The van der Waals surface area contributed by atoms with Gasteiger partial charge < -0.3 is 0 Å². The molecule has 0 aliphatic carbocycles. The Hall–Kier alpha value is 0.690. The van der Waals surface area contributed by atoms with Crippen molar-refractivity contribution in [3.63, 3.8) is 0 Å². The zero-order chi connectivity index (χ0) is 8.27. The second-order valence-electron chi connectivity index (χ2n) is 3.56. The first kappa shape index (κ1) is 9.78. The number of hydrogen-bond donors (Lipinski definition) is 0. The van der Waals surface area contributed by atoms with Crippen LogP contribution in [0.4, 0.5) is 0 Å². The summed E-state index contributed by atoms with van der Waals surface area (Å²) in [6.07, 6.45) is 5.61. The molecule has 2 heteroatoms. The normalized spacial score (nSPS) is 34.8. The van der Waals surface area contributed by atoms with Crippen LogP contribution < -0.4 is 21.2 Å². The van der Waals surface area contributed by atoms with Crippen molar-refractivity contribution in [3.8, 4) is 0 Å². The number of halogens is 1. The van der Waals surface area contributed by atoms with Crippen LogP contribution in [0.5, 0.6) is 0 Å². The van der Waals surface area contributed by atoms with Gasteiger partial charge in [0.05, 0.1) is 0 Å². The number of alkyl halides is 2. The first-order valence-electron chi connectivity index (χ1n) is 4.51. The molecule has 11 heavy (non-hydrogen) atoms. The SMILES string of the molecule is CC([OH2+])CC[C@@H]1CC[C@H](C)[I-]1. The Kier molecular flexibility index (Phi) is 4.13. The Bertz CT molecular complexity index is 114. The summed E-state index contributed by atoms with van der Waals surface area (Å²) < 4.78 is 2.14. The van der Waals surface area contributed by atoms with Crippen LogP contribution in [0, 0.1) is 0 Å². The Labute approximate surface area is 79.8 Å². The molecule has 3 atom stereocenters. The summed E-state index contributed by atoms with van der Waals surface area (Å²) >= 11 is 0.498.